The van der Waals surface area contributed by atoms with Crippen molar-refractivity contribution in [3.8, 4) is 5.88 Å². The molecule has 3 heterocycles. The van der Waals surface area contributed by atoms with Crippen LogP contribution in [-0.2, 0) is 16.4 Å². The molecule has 1 saturated carbocycles. The molecule has 0 amide bonds. The molecule has 6 rings (SSSR count). The van der Waals surface area contributed by atoms with Crippen LogP contribution in [0, 0.1) is 0 Å². The lowest BCUT2D eigenvalue weighted by Gasteiger charge is -2.22. The summed E-state index contributed by atoms with van der Waals surface area (Å²) in [7, 11) is -3.64. The maximum atomic E-state index is 13.0. The van der Waals surface area contributed by atoms with Gasteiger partial charge in [0.05, 0.1) is 22.6 Å². The van der Waals surface area contributed by atoms with Crippen molar-refractivity contribution >= 4 is 32.2 Å². The summed E-state index contributed by atoms with van der Waals surface area (Å²) in [4.78, 5) is 4.73. The van der Waals surface area contributed by atoms with Gasteiger partial charge >= 0.3 is 0 Å². The zero-order valence-corrected chi connectivity index (χ0v) is 22.4. The molecule has 4 aromatic rings. The standard InChI is InChI=1S/C29H32N4O4S/c1-29(2)26(34)22-17-20(13-14-24(22)38(29,35)36)31-27-25-23(33(32-27)21-11-7-4-8-12-21)15-16-30-28(25)37-18-19-9-5-3-6-10-19/h3,5-6,9-10,13-17,21,26,34H,4,7-8,11-12,18H2,1-2H3,(H,31,32). The van der Waals surface area contributed by atoms with E-state index in [2.05, 4.69) is 15.0 Å². The Morgan fingerprint density at radius 1 is 1.08 bits per heavy atom. The number of sulfone groups is 1. The summed E-state index contributed by atoms with van der Waals surface area (Å²) < 4.78 is 32.9. The number of rotatable bonds is 6. The summed E-state index contributed by atoms with van der Waals surface area (Å²) in [5.74, 6) is 1.08. The maximum Gasteiger partial charge on any atom is 0.227 e. The van der Waals surface area contributed by atoms with Crippen LogP contribution in [0.3, 0.4) is 0 Å². The van der Waals surface area contributed by atoms with Crippen LogP contribution >= 0.6 is 0 Å². The molecule has 1 aliphatic heterocycles. The lowest BCUT2D eigenvalue weighted by molar-refractivity contribution is 0.144. The predicted octanol–water partition coefficient (Wildman–Crippen LogP) is 5.86. The zero-order chi connectivity index (χ0) is 26.5. The fraction of sp³-hybridized carbons (Fsp3) is 0.379. The number of nitrogens with zero attached hydrogens (tertiary/aromatic N) is 3. The third kappa shape index (κ3) is 4.05. The van der Waals surface area contributed by atoms with Crippen molar-refractivity contribution in [1.29, 1.82) is 0 Å². The second-order valence-corrected chi connectivity index (χ2v) is 13.3. The van der Waals surface area contributed by atoms with E-state index >= 15 is 0 Å². The summed E-state index contributed by atoms with van der Waals surface area (Å²) in [6, 6.07) is 17.2. The lowest BCUT2D eigenvalue weighted by atomic mass is 9.95. The molecule has 1 atom stereocenters. The lowest BCUT2D eigenvalue weighted by Crippen LogP contribution is -2.32. The Kier molecular flexibility index (Phi) is 6.15. The van der Waals surface area contributed by atoms with Gasteiger partial charge in [-0.25, -0.2) is 13.4 Å². The Morgan fingerprint density at radius 2 is 1.84 bits per heavy atom. The zero-order valence-electron chi connectivity index (χ0n) is 21.6. The third-order valence-corrected chi connectivity index (χ3v) is 10.5. The number of aliphatic hydroxyl groups excluding tert-OH is 1. The first-order valence-corrected chi connectivity index (χ1v) is 14.6. The predicted molar refractivity (Wildman–Crippen MR) is 146 cm³/mol. The number of fused-ring (bicyclic) bond motifs is 2. The third-order valence-electron chi connectivity index (χ3n) is 7.93. The molecular weight excluding hydrogens is 500 g/mol. The van der Waals surface area contributed by atoms with E-state index in [4.69, 9.17) is 9.84 Å². The van der Waals surface area contributed by atoms with Crippen LogP contribution in [0.5, 0.6) is 5.88 Å². The highest BCUT2D eigenvalue weighted by atomic mass is 32.2. The molecule has 0 spiro atoms. The van der Waals surface area contributed by atoms with Crippen LogP contribution in [-0.4, -0.2) is 33.0 Å². The van der Waals surface area contributed by atoms with E-state index in [0.717, 1.165) is 29.3 Å². The Balaban J connectivity index is 1.41. The Bertz CT molecular complexity index is 1590. The van der Waals surface area contributed by atoms with Crippen molar-refractivity contribution in [3.63, 3.8) is 0 Å². The van der Waals surface area contributed by atoms with E-state index in [-0.39, 0.29) is 4.90 Å². The number of ether oxygens (including phenoxy) is 1. The van der Waals surface area contributed by atoms with Gasteiger partial charge < -0.3 is 15.2 Å². The molecule has 1 fully saturated rings. The summed E-state index contributed by atoms with van der Waals surface area (Å²) in [5.41, 5.74) is 3.03. The largest absolute Gasteiger partial charge is 0.472 e. The number of anilines is 2. The highest BCUT2D eigenvalue weighted by Gasteiger charge is 2.51. The highest BCUT2D eigenvalue weighted by molar-refractivity contribution is 7.93. The Labute approximate surface area is 222 Å². The number of hydrogen-bond donors (Lipinski definition) is 2. The molecule has 0 radical (unpaired) electrons. The van der Waals surface area contributed by atoms with Crippen molar-refractivity contribution < 1.29 is 18.3 Å². The van der Waals surface area contributed by atoms with E-state index in [1.165, 1.54) is 19.3 Å². The summed E-state index contributed by atoms with van der Waals surface area (Å²) >= 11 is 0. The minimum atomic E-state index is -3.64. The molecule has 0 saturated heterocycles. The second kappa shape index (κ2) is 9.39. The van der Waals surface area contributed by atoms with E-state index in [1.54, 1.807) is 38.2 Å². The van der Waals surface area contributed by atoms with Crippen LogP contribution in [0.25, 0.3) is 10.9 Å². The molecule has 198 valence electrons. The average Bonchev–Trinajstić information content (AvgIpc) is 3.36. The number of benzene rings is 2. The van der Waals surface area contributed by atoms with Gasteiger partial charge in [0.25, 0.3) is 0 Å². The first-order chi connectivity index (χ1) is 18.3. The van der Waals surface area contributed by atoms with Gasteiger partial charge in [-0.05, 0) is 56.5 Å². The van der Waals surface area contributed by atoms with Crippen molar-refractivity contribution in [2.45, 2.75) is 74.3 Å². The molecule has 38 heavy (non-hydrogen) atoms. The maximum absolute atomic E-state index is 13.0. The number of aromatic nitrogens is 3. The van der Waals surface area contributed by atoms with Crippen molar-refractivity contribution in [1.82, 2.24) is 14.8 Å². The SMILES string of the molecule is CC1(C)C(O)c2cc(Nc3nn(C4CCCCC4)c4ccnc(OCc5ccccc5)c34)ccc2S1(=O)=O. The van der Waals surface area contributed by atoms with Gasteiger partial charge in [-0.2, -0.15) is 5.10 Å². The molecule has 0 bridgehead atoms. The Hall–Kier alpha value is -3.43. The molecule has 1 aliphatic carbocycles. The van der Waals surface area contributed by atoms with E-state index in [1.807, 2.05) is 36.4 Å². The van der Waals surface area contributed by atoms with Gasteiger partial charge in [0, 0.05) is 17.4 Å². The molecule has 9 heteroatoms. The first kappa shape index (κ1) is 24.9. The number of nitrogens with one attached hydrogen (secondary N) is 1. The number of aliphatic hydroxyl groups is 1. The summed E-state index contributed by atoms with van der Waals surface area (Å²) in [6.07, 6.45) is 6.35. The van der Waals surface area contributed by atoms with E-state index in [0.29, 0.717) is 35.6 Å². The minimum Gasteiger partial charge on any atom is -0.472 e. The number of hydrogen-bond acceptors (Lipinski definition) is 7. The van der Waals surface area contributed by atoms with Crippen molar-refractivity contribution in [2.75, 3.05) is 5.32 Å². The van der Waals surface area contributed by atoms with Crippen LogP contribution in [0.4, 0.5) is 11.5 Å². The molecular formula is C29H32N4O4S. The summed E-state index contributed by atoms with van der Waals surface area (Å²) in [6.45, 7) is 3.49. The quantitative estimate of drug-likeness (QED) is 0.320. The molecule has 8 nitrogen and oxygen atoms in total. The molecule has 2 aliphatic rings. The smallest absolute Gasteiger partial charge is 0.227 e. The van der Waals surface area contributed by atoms with Crippen LogP contribution in [0.2, 0.25) is 0 Å². The Morgan fingerprint density at radius 3 is 2.61 bits per heavy atom. The van der Waals surface area contributed by atoms with E-state index in [9.17, 15) is 13.5 Å². The minimum absolute atomic E-state index is 0.173. The van der Waals surface area contributed by atoms with Gasteiger partial charge in [-0.3, -0.25) is 4.68 Å². The van der Waals surface area contributed by atoms with Crippen LogP contribution < -0.4 is 10.1 Å². The van der Waals surface area contributed by atoms with Crippen LogP contribution in [0.1, 0.15) is 69.2 Å². The topological polar surface area (TPSA) is 106 Å². The molecule has 2 aromatic heterocycles. The van der Waals surface area contributed by atoms with Gasteiger partial charge in [-0.15, -0.1) is 0 Å². The highest BCUT2D eigenvalue weighted by Crippen LogP contribution is 2.47. The first-order valence-electron chi connectivity index (χ1n) is 13.1. The average molecular weight is 533 g/mol. The molecule has 1 unspecified atom stereocenters. The fourth-order valence-corrected chi connectivity index (χ4v) is 7.33. The fourth-order valence-electron chi connectivity index (χ4n) is 5.61. The van der Waals surface area contributed by atoms with Crippen molar-refractivity contribution in [3.05, 3.63) is 71.9 Å². The normalized spacial score (nSPS) is 20.3. The van der Waals surface area contributed by atoms with E-state index < -0.39 is 20.7 Å². The monoisotopic (exact) mass is 532 g/mol. The number of pyridine rings is 1. The second-order valence-electron chi connectivity index (χ2n) is 10.8. The van der Waals surface area contributed by atoms with Gasteiger partial charge in [0.2, 0.25) is 5.88 Å². The van der Waals surface area contributed by atoms with Gasteiger partial charge in [0.1, 0.15) is 16.7 Å². The molecule has 2 N–H and O–H groups in total. The van der Waals surface area contributed by atoms with Gasteiger partial charge in [0.15, 0.2) is 15.7 Å². The molecule has 2 aromatic carbocycles. The van der Waals surface area contributed by atoms with Crippen molar-refractivity contribution in [2.24, 2.45) is 0 Å². The van der Waals surface area contributed by atoms with Gasteiger partial charge in [-0.1, -0.05) is 49.6 Å². The summed E-state index contributed by atoms with van der Waals surface area (Å²) in [5, 5.41) is 20.0. The van der Waals surface area contributed by atoms with Crippen LogP contribution in [0.15, 0.2) is 65.7 Å².